The second-order valence-electron chi connectivity index (χ2n) is 7.00. The topological polar surface area (TPSA) is 45.7 Å². The Morgan fingerprint density at radius 3 is 2.80 bits per heavy atom. The Morgan fingerprint density at radius 1 is 1.28 bits per heavy atom. The van der Waals surface area contributed by atoms with Gasteiger partial charge in [-0.2, -0.15) is 0 Å². The summed E-state index contributed by atoms with van der Waals surface area (Å²) in [5.41, 5.74) is 0.596. The summed E-state index contributed by atoms with van der Waals surface area (Å²) in [6.07, 6.45) is 7.35. The van der Waals surface area contributed by atoms with E-state index in [4.69, 9.17) is 16.3 Å². The van der Waals surface area contributed by atoms with Gasteiger partial charge in [0, 0.05) is 39.0 Å². The third-order valence-electron chi connectivity index (χ3n) is 5.09. The number of hydrogen-bond acceptors (Lipinski definition) is 4. The smallest absolute Gasteiger partial charge is 0.255 e. The third-order valence-corrected chi connectivity index (χ3v) is 5.37. The number of halogens is 1. The van der Waals surface area contributed by atoms with Crippen LogP contribution in [0.15, 0.2) is 12.3 Å². The minimum atomic E-state index is 0.0496. The zero-order valence-electron chi connectivity index (χ0n) is 15.0. The van der Waals surface area contributed by atoms with E-state index in [9.17, 15) is 4.79 Å². The molecule has 2 aliphatic heterocycles. The highest BCUT2D eigenvalue weighted by atomic mass is 35.5. The van der Waals surface area contributed by atoms with E-state index in [-0.39, 0.29) is 5.91 Å². The lowest BCUT2D eigenvalue weighted by Crippen LogP contribution is -2.38. The van der Waals surface area contributed by atoms with E-state index >= 15 is 0 Å². The predicted octanol–water partition coefficient (Wildman–Crippen LogP) is 3.61. The highest BCUT2D eigenvalue weighted by molar-refractivity contribution is 6.33. The summed E-state index contributed by atoms with van der Waals surface area (Å²) in [7, 11) is 0. The molecule has 0 saturated carbocycles. The Kier molecular flexibility index (Phi) is 6.54. The Morgan fingerprint density at radius 2 is 2.08 bits per heavy atom. The number of piperidine rings is 2. The number of pyridine rings is 1. The van der Waals surface area contributed by atoms with E-state index in [1.807, 2.05) is 11.8 Å². The minimum Gasteiger partial charge on any atom is -0.381 e. The molecule has 2 aliphatic rings. The van der Waals surface area contributed by atoms with Gasteiger partial charge in [-0.25, -0.2) is 4.98 Å². The number of rotatable bonds is 5. The molecule has 2 fully saturated rings. The van der Waals surface area contributed by atoms with Gasteiger partial charge >= 0.3 is 0 Å². The van der Waals surface area contributed by atoms with Gasteiger partial charge in [0.2, 0.25) is 0 Å². The second-order valence-corrected chi connectivity index (χ2v) is 7.40. The Bertz CT molecular complexity index is 590. The van der Waals surface area contributed by atoms with Crippen LogP contribution in [0.4, 0.5) is 5.82 Å². The normalized spacial score (nSPS) is 21.4. The maximum absolute atomic E-state index is 12.6. The molecule has 1 aromatic heterocycles. The fourth-order valence-corrected chi connectivity index (χ4v) is 4.02. The molecule has 25 heavy (non-hydrogen) atoms. The summed E-state index contributed by atoms with van der Waals surface area (Å²) in [5, 5.41) is 0.569. The summed E-state index contributed by atoms with van der Waals surface area (Å²) >= 11 is 6.49. The Balaban J connectivity index is 1.67. The van der Waals surface area contributed by atoms with Crippen LogP contribution in [0.5, 0.6) is 0 Å². The van der Waals surface area contributed by atoms with Crippen molar-refractivity contribution in [3.05, 3.63) is 22.8 Å². The number of hydrogen-bond donors (Lipinski definition) is 0. The van der Waals surface area contributed by atoms with Crippen LogP contribution < -0.4 is 4.90 Å². The van der Waals surface area contributed by atoms with Gasteiger partial charge in [0.1, 0.15) is 5.82 Å². The molecule has 0 aromatic carbocycles. The second kappa shape index (κ2) is 8.86. The van der Waals surface area contributed by atoms with Crippen molar-refractivity contribution >= 4 is 23.3 Å². The lowest BCUT2D eigenvalue weighted by atomic mass is 9.99. The van der Waals surface area contributed by atoms with Gasteiger partial charge in [0.15, 0.2) is 0 Å². The first-order chi connectivity index (χ1) is 12.2. The summed E-state index contributed by atoms with van der Waals surface area (Å²) in [6.45, 7) is 7.10. The van der Waals surface area contributed by atoms with E-state index in [1.54, 1.807) is 12.3 Å². The van der Waals surface area contributed by atoms with Crippen molar-refractivity contribution in [2.75, 3.05) is 44.3 Å². The lowest BCUT2D eigenvalue weighted by Gasteiger charge is -2.34. The van der Waals surface area contributed by atoms with Crippen LogP contribution >= 0.6 is 11.6 Å². The number of aromatic nitrogens is 1. The Labute approximate surface area is 155 Å². The van der Waals surface area contributed by atoms with Gasteiger partial charge in [-0.15, -0.1) is 0 Å². The molecule has 1 unspecified atom stereocenters. The highest BCUT2D eigenvalue weighted by Crippen LogP contribution is 2.29. The summed E-state index contributed by atoms with van der Waals surface area (Å²) < 4.78 is 5.57. The quantitative estimate of drug-likeness (QED) is 0.799. The van der Waals surface area contributed by atoms with Gasteiger partial charge in [0.25, 0.3) is 5.91 Å². The molecule has 0 aliphatic carbocycles. The van der Waals surface area contributed by atoms with Crippen LogP contribution in [0.3, 0.4) is 0 Å². The summed E-state index contributed by atoms with van der Waals surface area (Å²) in [4.78, 5) is 21.3. The van der Waals surface area contributed by atoms with Gasteiger partial charge in [-0.05, 0) is 51.0 Å². The minimum absolute atomic E-state index is 0.0496. The number of nitrogens with zero attached hydrogens (tertiary/aromatic N) is 3. The van der Waals surface area contributed by atoms with Crippen molar-refractivity contribution < 1.29 is 9.53 Å². The van der Waals surface area contributed by atoms with E-state index in [1.165, 1.54) is 12.8 Å². The monoisotopic (exact) mass is 365 g/mol. The van der Waals surface area contributed by atoms with Crippen LogP contribution in [0.2, 0.25) is 5.02 Å². The number of anilines is 1. The lowest BCUT2D eigenvalue weighted by molar-refractivity contribution is 0.0724. The molecule has 1 atom stereocenters. The van der Waals surface area contributed by atoms with Crippen molar-refractivity contribution in [2.24, 2.45) is 5.92 Å². The van der Waals surface area contributed by atoms with Crippen LogP contribution in [0.25, 0.3) is 0 Å². The van der Waals surface area contributed by atoms with Crippen molar-refractivity contribution in [3.8, 4) is 0 Å². The maximum atomic E-state index is 12.6. The van der Waals surface area contributed by atoms with Crippen molar-refractivity contribution in [2.45, 2.75) is 39.0 Å². The predicted molar refractivity (Wildman–Crippen MR) is 100 cm³/mol. The van der Waals surface area contributed by atoms with Gasteiger partial charge < -0.3 is 14.5 Å². The summed E-state index contributed by atoms with van der Waals surface area (Å²) in [5.74, 6) is 1.35. The van der Waals surface area contributed by atoms with Crippen LogP contribution in [-0.2, 0) is 4.74 Å². The number of amides is 1. The first kappa shape index (κ1) is 18.5. The molecular formula is C19H28ClN3O2. The Hall–Kier alpha value is -1.33. The van der Waals surface area contributed by atoms with Crippen LogP contribution in [0.1, 0.15) is 49.4 Å². The fourth-order valence-electron chi connectivity index (χ4n) is 3.74. The number of ether oxygens (including phenoxy) is 1. The number of carbonyl (C=O) groups is 1. The van der Waals surface area contributed by atoms with E-state index in [0.717, 1.165) is 64.5 Å². The average Bonchev–Trinajstić information content (AvgIpc) is 2.66. The first-order valence-electron chi connectivity index (χ1n) is 9.46. The first-order valence-corrected chi connectivity index (χ1v) is 9.84. The zero-order valence-corrected chi connectivity index (χ0v) is 15.8. The van der Waals surface area contributed by atoms with E-state index < -0.39 is 0 Å². The molecule has 2 saturated heterocycles. The largest absolute Gasteiger partial charge is 0.381 e. The maximum Gasteiger partial charge on any atom is 0.255 e. The molecule has 0 bridgehead atoms. The molecule has 0 N–H and O–H groups in total. The molecule has 6 heteroatoms. The molecular weight excluding hydrogens is 338 g/mol. The SMILES string of the molecule is CCOCC1CCCN(c2ncc(C(=O)N3CCCCC3)cc2Cl)C1. The molecule has 138 valence electrons. The molecule has 0 radical (unpaired) electrons. The molecule has 3 heterocycles. The molecule has 3 rings (SSSR count). The van der Waals surface area contributed by atoms with Crippen LogP contribution in [0, 0.1) is 5.92 Å². The highest BCUT2D eigenvalue weighted by Gasteiger charge is 2.24. The number of likely N-dealkylation sites (tertiary alicyclic amines) is 1. The molecule has 5 nitrogen and oxygen atoms in total. The number of carbonyl (C=O) groups excluding carboxylic acids is 1. The van der Waals surface area contributed by atoms with Crippen molar-refractivity contribution in [3.63, 3.8) is 0 Å². The fraction of sp³-hybridized carbons (Fsp3) is 0.684. The van der Waals surface area contributed by atoms with E-state index in [0.29, 0.717) is 16.5 Å². The molecule has 1 aromatic rings. The standard InChI is InChI=1S/C19H28ClN3O2/c1-2-25-14-15-7-6-10-23(13-15)18-17(20)11-16(12-21-18)19(24)22-8-4-3-5-9-22/h11-12,15H,2-10,13-14H2,1H3. The van der Waals surface area contributed by atoms with Gasteiger partial charge in [0.05, 0.1) is 17.2 Å². The molecule has 0 spiro atoms. The van der Waals surface area contributed by atoms with Gasteiger partial charge in [-0.3, -0.25) is 4.79 Å². The molecule has 1 amide bonds. The van der Waals surface area contributed by atoms with Crippen LogP contribution in [-0.4, -0.2) is 55.2 Å². The average molecular weight is 366 g/mol. The summed E-state index contributed by atoms with van der Waals surface area (Å²) in [6, 6.07) is 1.78. The van der Waals surface area contributed by atoms with E-state index in [2.05, 4.69) is 9.88 Å². The van der Waals surface area contributed by atoms with Crippen molar-refractivity contribution in [1.29, 1.82) is 0 Å². The van der Waals surface area contributed by atoms with Crippen molar-refractivity contribution in [1.82, 2.24) is 9.88 Å². The zero-order chi connectivity index (χ0) is 17.6. The third kappa shape index (κ3) is 4.64. The van der Waals surface area contributed by atoms with Gasteiger partial charge in [-0.1, -0.05) is 11.6 Å².